The van der Waals surface area contributed by atoms with Gasteiger partial charge in [-0.3, -0.25) is 4.57 Å². The Bertz CT molecular complexity index is 3340. The molecule has 1 N–H and O–H groups in total. The first-order valence-corrected chi connectivity index (χ1v) is 23.1. The summed E-state index contributed by atoms with van der Waals surface area (Å²) in [5.74, 6) is 0.955. The van der Waals surface area contributed by atoms with Crippen molar-refractivity contribution in [2.24, 2.45) is 0 Å². The SMILES string of the molecule is Cc1cc(C)c(-c2cccc(-c3ccc4c(C)c(C)c5ccc6c(nc(-c7cc(C(C)(C)C)cc(C(C)(C)C)c7O)n6-c6ccc(C(C)(C)C)cc6-c6ccccc6)c5c4n3)c2)c(C)c1. The van der Waals surface area contributed by atoms with E-state index in [0.717, 1.165) is 71.9 Å². The summed E-state index contributed by atoms with van der Waals surface area (Å²) >= 11 is 0. The van der Waals surface area contributed by atoms with E-state index in [1.54, 1.807) is 0 Å². The normalized spacial score (nSPS) is 12.5. The lowest BCUT2D eigenvalue weighted by Gasteiger charge is -2.28. The van der Waals surface area contributed by atoms with Crippen molar-refractivity contribution >= 4 is 32.7 Å². The maximum atomic E-state index is 12.6. The summed E-state index contributed by atoms with van der Waals surface area (Å²) in [5.41, 5.74) is 20.0. The predicted octanol–water partition coefficient (Wildman–Crippen LogP) is 16.5. The molecule has 4 heteroatoms. The maximum Gasteiger partial charge on any atom is 0.149 e. The van der Waals surface area contributed by atoms with Gasteiger partial charge in [-0.1, -0.05) is 153 Å². The van der Waals surface area contributed by atoms with Crippen LogP contribution in [0.2, 0.25) is 0 Å². The molecule has 0 atom stereocenters. The van der Waals surface area contributed by atoms with Crippen LogP contribution in [0.15, 0.2) is 121 Å². The van der Waals surface area contributed by atoms with Gasteiger partial charge in [0.2, 0.25) is 0 Å². The molecular weight excluding hydrogens is 791 g/mol. The van der Waals surface area contributed by atoms with Gasteiger partial charge in [0.25, 0.3) is 0 Å². The lowest BCUT2D eigenvalue weighted by molar-refractivity contribution is 0.446. The molecule has 0 aliphatic heterocycles. The van der Waals surface area contributed by atoms with Gasteiger partial charge in [0.05, 0.1) is 33.5 Å². The lowest BCUT2D eigenvalue weighted by atomic mass is 9.79. The van der Waals surface area contributed by atoms with Crippen molar-refractivity contribution in [1.82, 2.24) is 14.5 Å². The maximum absolute atomic E-state index is 12.6. The van der Waals surface area contributed by atoms with Gasteiger partial charge >= 0.3 is 0 Å². The lowest BCUT2D eigenvalue weighted by Crippen LogP contribution is -2.17. The van der Waals surface area contributed by atoms with E-state index in [9.17, 15) is 5.11 Å². The number of aromatic hydroxyl groups is 1. The zero-order valence-corrected chi connectivity index (χ0v) is 40.8. The van der Waals surface area contributed by atoms with Gasteiger partial charge in [-0.15, -0.1) is 0 Å². The van der Waals surface area contributed by atoms with E-state index in [2.05, 4.69) is 223 Å². The number of phenols is 1. The monoisotopic (exact) mass is 853 g/mol. The summed E-state index contributed by atoms with van der Waals surface area (Å²) in [6, 6.07) is 44.2. The van der Waals surface area contributed by atoms with Gasteiger partial charge in [0.1, 0.15) is 11.6 Å². The summed E-state index contributed by atoms with van der Waals surface area (Å²) in [7, 11) is 0. The minimum absolute atomic E-state index is 0.0754. The Morgan fingerprint density at radius 3 is 1.77 bits per heavy atom. The van der Waals surface area contributed by atoms with Crippen LogP contribution in [0.4, 0.5) is 0 Å². The zero-order valence-electron chi connectivity index (χ0n) is 40.8. The van der Waals surface area contributed by atoms with E-state index in [0.29, 0.717) is 11.4 Å². The van der Waals surface area contributed by atoms with Crippen molar-refractivity contribution in [3.8, 4) is 56.3 Å². The van der Waals surface area contributed by atoms with Crippen molar-refractivity contribution in [2.45, 2.75) is 113 Å². The van der Waals surface area contributed by atoms with E-state index in [-0.39, 0.29) is 22.0 Å². The number of imidazole rings is 1. The molecule has 0 radical (unpaired) electrons. The molecule has 4 nitrogen and oxygen atoms in total. The Kier molecular flexibility index (Phi) is 10.5. The van der Waals surface area contributed by atoms with Crippen LogP contribution < -0.4 is 0 Å². The molecule has 0 unspecified atom stereocenters. The van der Waals surface area contributed by atoms with E-state index < -0.39 is 0 Å². The summed E-state index contributed by atoms with van der Waals surface area (Å²) in [5, 5.41) is 15.9. The van der Waals surface area contributed by atoms with Gasteiger partial charge in [0.15, 0.2) is 0 Å². The van der Waals surface area contributed by atoms with E-state index >= 15 is 0 Å². The van der Waals surface area contributed by atoms with Crippen molar-refractivity contribution in [1.29, 1.82) is 0 Å². The predicted molar refractivity (Wildman–Crippen MR) is 277 cm³/mol. The summed E-state index contributed by atoms with van der Waals surface area (Å²) < 4.78 is 2.30. The molecule has 9 aromatic rings. The topological polar surface area (TPSA) is 50.9 Å². The first-order valence-electron chi connectivity index (χ1n) is 23.1. The summed E-state index contributed by atoms with van der Waals surface area (Å²) in [6.07, 6.45) is 0. The van der Waals surface area contributed by atoms with Crippen molar-refractivity contribution in [3.05, 3.63) is 166 Å². The molecule has 0 spiro atoms. The minimum atomic E-state index is -0.327. The molecule has 0 aliphatic carbocycles. The van der Waals surface area contributed by atoms with E-state index in [4.69, 9.17) is 9.97 Å². The number of nitrogens with zero attached hydrogens (tertiary/aromatic N) is 3. The number of aromatic nitrogens is 3. The molecule has 7 aromatic carbocycles. The van der Waals surface area contributed by atoms with Crippen molar-refractivity contribution in [3.63, 3.8) is 0 Å². The largest absolute Gasteiger partial charge is 0.507 e. The van der Waals surface area contributed by atoms with Gasteiger partial charge in [-0.25, -0.2) is 9.97 Å². The van der Waals surface area contributed by atoms with Gasteiger partial charge < -0.3 is 5.11 Å². The Balaban J connectivity index is 1.42. The first kappa shape index (κ1) is 43.7. The highest BCUT2D eigenvalue weighted by molar-refractivity contribution is 6.20. The van der Waals surface area contributed by atoms with Gasteiger partial charge in [0, 0.05) is 27.5 Å². The third kappa shape index (κ3) is 7.61. The highest BCUT2D eigenvalue weighted by Crippen LogP contribution is 2.47. The second-order valence-corrected chi connectivity index (χ2v) is 21.6. The molecule has 0 amide bonds. The number of aryl methyl sites for hydroxylation is 5. The van der Waals surface area contributed by atoms with Crippen LogP contribution in [-0.2, 0) is 16.2 Å². The Morgan fingerprint density at radius 1 is 0.492 bits per heavy atom. The van der Waals surface area contributed by atoms with Crippen LogP contribution in [0.3, 0.4) is 0 Å². The molecule has 65 heavy (non-hydrogen) atoms. The number of hydrogen-bond acceptors (Lipinski definition) is 3. The molecule has 328 valence electrons. The molecule has 0 fully saturated rings. The molecule has 0 saturated carbocycles. The Morgan fingerprint density at radius 2 is 1.11 bits per heavy atom. The first-order chi connectivity index (χ1) is 30.6. The number of fused-ring (bicyclic) bond motifs is 5. The third-order valence-corrected chi connectivity index (χ3v) is 13.7. The number of phenolic OH excluding ortho intramolecular Hbond substituents is 1. The van der Waals surface area contributed by atoms with Crippen LogP contribution >= 0.6 is 0 Å². The molecule has 2 aromatic heterocycles. The smallest absolute Gasteiger partial charge is 0.149 e. The molecular formula is C61H63N3O. The standard InChI is InChI=1S/C61H63N3O/c1-35-29-36(2)53(37(3)30-35)42-22-18-21-41(31-42)50-26-24-46-39(5)38(4)45-25-28-52-56(54(45)55(46)62-50)63-58(48-33-44(60(9,10)11)34-49(57(48)65)61(12,13)14)64(52)51-27-23-43(59(6,7)8)32-47(51)40-19-16-15-17-20-40/h15-34,65H,1-14H3. The van der Waals surface area contributed by atoms with Crippen molar-refractivity contribution in [2.75, 3.05) is 0 Å². The number of hydrogen-bond donors (Lipinski definition) is 1. The van der Waals surface area contributed by atoms with Crippen LogP contribution in [0.5, 0.6) is 5.75 Å². The fraction of sp³-hybridized carbons (Fsp3) is 0.279. The van der Waals surface area contributed by atoms with Gasteiger partial charge in [-0.05, 0) is 143 Å². The average Bonchev–Trinajstić information content (AvgIpc) is 3.63. The van der Waals surface area contributed by atoms with Gasteiger partial charge in [-0.2, -0.15) is 0 Å². The average molecular weight is 854 g/mol. The van der Waals surface area contributed by atoms with Crippen LogP contribution in [0.25, 0.3) is 83.3 Å². The fourth-order valence-electron chi connectivity index (χ4n) is 9.96. The molecule has 0 aliphatic rings. The molecule has 0 saturated heterocycles. The summed E-state index contributed by atoms with van der Waals surface area (Å²) in [4.78, 5) is 11.4. The number of benzene rings is 7. The van der Waals surface area contributed by atoms with Crippen molar-refractivity contribution < 1.29 is 5.11 Å². The zero-order chi connectivity index (χ0) is 46.5. The number of rotatable bonds is 5. The molecule has 2 heterocycles. The minimum Gasteiger partial charge on any atom is -0.507 e. The second kappa shape index (κ2) is 15.6. The molecule has 9 rings (SSSR count). The fourth-order valence-corrected chi connectivity index (χ4v) is 9.96. The molecule has 0 bridgehead atoms. The van der Waals surface area contributed by atoms with Crippen LogP contribution in [0.1, 0.15) is 107 Å². The third-order valence-electron chi connectivity index (χ3n) is 13.7. The van der Waals surface area contributed by atoms with Crippen LogP contribution in [0, 0.1) is 34.6 Å². The van der Waals surface area contributed by atoms with E-state index in [1.807, 2.05) is 0 Å². The highest BCUT2D eigenvalue weighted by Gasteiger charge is 2.30. The highest BCUT2D eigenvalue weighted by atomic mass is 16.3. The Labute approximate surface area is 386 Å². The summed E-state index contributed by atoms with van der Waals surface area (Å²) in [6.45, 7) is 31.0. The Hall–Kier alpha value is -6.52. The second-order valence-electron chi connectivity index (χ2n) is 21.6. The van der Waals surface area contributed by atoms with E-state index in [1.165, 1.54) is 44.5 Å². The number of pyridine rings is 1. The quantitative estimate of drug-likeness (QED) is 0.176. The van der Waals surface area contributed by atoms with Crippen LogP contribution in [-0.4, -0.2) is 19.6 Å².